The second-order valence-electron chi connectivity index (χ2n) is 2.60. The summed E-state index contributed by atoms with van der Waals surface area (Å²) in [5.74, 6) is 0. The van der Waals surface area contributed by atoms with Gasteiger partial charge in [-0.05, 0) is 25.0 Å². The molecule has 1 rings (SSSR count). The molecular formula is C13H19N. The molecule has 0 fully saturated rings. The summed E-state index contributed by atoms with van der Waals surface area (Å²) in [6, 6.07) is 6.08. The van der Waals surface area contributed by atoms with E-state index in [0.29, 0.717) is 0 Å². The van der Waals surface area contributed by atoms with Crippen LogP contribution in [0.5, 0.6) is 0 Å². The minimum Gasteiger partial charge on any atom is -0.261 e. The van der Waals surface area contributed by atoms with Crippen molar-refractivity contribution in [2.75, 3.05) is 0 Å². The van der Waals surface area contributed by atoms with Gasteiger partial charge < -0.3 is 0 Å². The minimum absolute atomic E-state index is 1.02. The van der Waals surface area contributed by atoms with E-state index in [1.807, 2.05) is 39.0 Å². The Morgan fingerprint density at radius 1 is 1.29 bits per heavy atom. The van der Waals surface area contributed by atoms with Gasteiger partial charge in [-0.1, -0.05) is 44.7 Å². The van der Waals surface area contributed by atoms with E-state index in [0.717, 1.165) is 11.3 Å². The molecule has 1 heteroatoms. The Balaban J connectivity index is 0.000000791. The first-order valence-corrected chi connectivity index (χ1v) is 5.00. The van der Waals surface area contributed by atoms with E-state index in [1.54, 1.807) is 6.21 Å². The quantitative estimate of drug-likeness (QED) is 0.612. The number of hydrogen-bond acceptors (Lipinski definition) is 1. The first-order chi connectivity index (χ1) is 6.79. The third-order valence-corrected chi connectivity index (χ3v) is 1.75. The average Bonchev–Trinajstić information content (AvgIpc) is 2.24. The van der Waals surface area contributed by atoms with Crippen LogP contribution in [0.4, 0.5) is 5.69 Å². The minimum atomic E-state index is 1.02. The van der Waals surface area contributed by atoms with Crippen molar-refractivity contribution in [1.82, 2.24) is 0 Å². The smallest absolute Gasteiger partial charge is 0.0726 e. The molecule has 0 saturated carbocycles. The van der Waals surface area contributed by atoms with Crippen molar-refractivity contribution >= 4 is 18.0 Å². The maximum atomic E-state index is 4.28. The molecular weight excluding hydrogens is 170 g/mol. The first kappa shape index (κ1) is 12.6. The summed E-state index contributed by atoms with van der Waals surface area (Å²) in [6.07, 6.45) is 3.63. The lowest BCUT2D eigenvalue weighted by Gasteiger charge is -2.02. The van der Waals surface area contributed by atoms with Gasteiger partial charge in [-0.3, -0.25) is 4.99 Å². The lowest BCUT2D eigenvalue weighted by molar-refractivity contribution is 1.39. The van der Waals surface area contributed by atoms with Crippen LogP contribution in [0.2, 0.25) is 0 Å². The largest absolute Gasteiger partial charge is 0.261 e. The van der Waals surface area contributed by atoms with Gasteiger partial charge in [-0.25, -0.2) is 0 Å². The van der Waals surface area contributed by atoms with E-state index in [2.05, 4.69) is 24.6 Å². The van der Waals surface area contributed by atoms with Gasteiger partial charge in [0.1, 0.15) is 0 Å². The average molecular weight is 189 g/mol. The standard InChI is InChI=1S/C11H13N.C2H6/c1-4-10-8-6-7-9(3)11(10)12-5-2;1-2/h4-8H,1H2,2-3H3;1-2H3. The normalized spacial score (nSPS) is 9.43. The van der Waals surface area contributed by atoms with Gasteiger partial charge in [0.2, 0.25) is 0 Å². The van der Waals surface area contributed by atoms with E-state index in [4.69, 9.17) is 0 Å². The highest BCUT2D eigenvalue weighted by molar-refractivity contribution is 5.71. The molecule has 14 heavy (non-hydrogen) atoms. The highest BCUT2D eigenvalue weighted by Crippen LogP contribution is 2.24. The van der Waals surface area contributed by atoms with Gasteiger partial charge in [0.15, 0.2) is 0 Å². The first-order valence-electron chi connectivity index (χ1n) is 5.00. The molecule has 1 aromatic rings. The number of aliphatic imine (C=N–C) groups is 1. The molecule has 0 aliphatic carbocycles. The summed E-state index contributed by atoms with van der Waals surface area (Å²) in [4.78, 5) is 4.28. The van der Waals surface area contributed by atoms with Crippen LogP contribution in [0.25, 0.3) is 6.08 Å². The Bertz CT molecular complexity index is 311. The van der Waals surface area contributed by atoms with Crippen LogP contribution in [0, 0.1) is 6.92 Å². The summed E-state index contributed by atoms with van der Waals surface area (Å²) in [5.41, 5.74) is 3.30. The maximum absolute atomic E-state index is 4.28. The van der Waals surface area contributed by atoms with Crippen molar-refractivity contribution in [1.29, 1.82) is 0 Å². The Morgan fingerprint density at radius 2 is 1.93 bits per heavy atom. The van der Waals surface area contributed by atoms with Crippen molar-refractivity contribution in [2.45, 2.75) is 27.7 Å². The van der Waals surface area contributed by atoms with Crippen LogP contribution < -0.4 is 0 Å². The molecule has 76 valence electrons. The lowest BCUT2D eigenvalue weighted by atomic mass is 10.1. The Hall–Kier alpha value is -1.37. The Morgan fingerprint density at radius 3 is 2.43 bits per heavy atom. The van der Waals surface area contributed by atoms with Crippen molar-refractivity contribution in [3.63, 3.8) is 0 Å². The third-order valence-electron chi connectivity index (χ3n) is 1.75. The number of rotatable bonds is 2. The van der Waals surface area contributed by atoms with E-state index >= 15 is 0 Å². The number of hydrogen-bond donors (Lipinski definition) is 0. The van der Waals surface area contributed by atoms with Gasteiger partial charge >= 0.3 is 0 Å². The molecule has 0 unspecified atom stereocenters. The van der Waals surface area contributed by atoms with E-state index in [-0.39, 0.29) is 0 Å². The monoisotopic (exact) mass is 189 g/mol. The molecule has 0 saturated heterocycles. The molecule has 0 radical (unpaired) electrons. The van der Waals surface area contributed by atoms with E-state index < -0.39 is 0 Å². The lowest BCUT2D eigenvalue weighted by Crippen LogP contribution is -1.79. The maximum Gasteiger partial charge on any atom is 0.0726 e. The fraction of sp³-hybridized carbons (Fsp3) is 0.308. The highest BCUT2D eigenvalue weighted by atomic mass is 14.7. The zero-order valence-corrected chi connectivity index (χ0v) is 9.54. The molecule has 0 bridgehead atoms. The fourth-order valence-corrected chi connectivity index (χ4v) is 1.15. The molecule has 1 nitrogen and oxygen atoms in total. The van der Waals surface area contributed by atoms with Crippen LogP contribution in [-0.4, -0.2) is 6.21 Å². The molecule has 0 spiro atoms. The van der Waals surface area contributed by atoms with Crippen LogP contribution in [-0.2, 0) is 0 Å². The molecule has 1 aromatic carbocycles. The molecule has 0 amide bonds. The van der Waals surface area contributed by atoms with Crippen LogP contribution in [0.15, 0.2) is 29.8 Å². The van der Waals surface area contributed by atoms with Gasteiger partial charge in [0.05, 0.1) is 5.69 Å². The van der Waals surface area contributed by atoms with Crippen LogP contribution >= 0.6 is 0 Å². The van der Waals surface area contributed by atoms with E-state index in [9.17, 15) is 0 Å². The topological polar surface area (TPSA) is 12.4 Å². The van der Waals surface area contributed by atoms with Gasteiger partial charge in [0, 0.05) is 6.21 Å². The van der Waals surface area contributed by atoms with Gasteiger partial charge in [-0.15, -0.1) is 0 Å². The summed E-state index contributed by atoms with van der Waals surface area (Å²) < 4.78 is 0. The third kappa shape index (κ3) is 3.17. The summed E-state index contributed by atoms with van der Waals surface area (Å²) in [5, 5.41) is 0. The second-order valence-corrected chi connectivity index (χ2v) is 2.60. The molecule has 0 aliphatic rings. The molecule has 0 heterocycles. The molecule has 0 aromatic heterocycles. The van der Waals surface area contributed by atoms with Gasteiger partial charge in [-0.2, -0.15) is 0 Å². The zero-order chi connectivity index (χ0) is 11.0. The number of aryl methyl sites for hydroxylation is 1. The zero-order valence-electron chi connectivity index (χ0n) is 9.54. The molecule has 0 N–H and O–H groups in total. The van der Waals surface area contributed by atoms with Crippen molar-refractivity contribution in [2.24, 2.45) is 4.99 Å². The van der Waals surface area contributed by atoms with Crippen molar-refractivity contribution in [3.05, 3.63) is 35.9 Å². The predicted molar refractivity (Wildman–Crippen MR) is 66.4 cm³/mol. The fourth-order valence-electron chi connectivity index (χ4n) is 1.15. The predicted octanol–water partition coefficient (Wildman–Crippen LogP) is 4.39. The Labute approximate surface area is 87.2 Å². The summed E-state index contributed by atoms with van der Waals surface area (Å²) in [7, 11) is 0. The molecule has 0 aliphatic heterocycles. The SMILES string of the molecule is C=Cc1cccc(C)c1N=CC.CC. The van der Waals surface area contributed by atoms with Crippen LogP contribution in [0.1, 0.15) is 31.9 Å². The second kappa shape index (κ2) is 7.07. The Kier molecular flexibility index (Phi) is 6.38. The number of para-hydroxylation sites is 1. The summed E-state index contributed by atoms with van der Waals surface area (Å²) >= 11 is 0. The number of nitrogens with zero attached hydrogens (tertiary/aromatic N) is 1. The van der Waals surface area contributed by atoms with Crippen molar-refractivity contribution in [3.8, 4) is 0 Å². The van der Waals surface area contributed by atoms with Gasteiger partial charge in [0.25, 0.3) is 0 Å². The van der Waals surface area contributed by atoms with Crippen LogP contribution in [0.3, 0.4) is 0 Å². The molecule has 0 atom stereocenters. The number of benzene rings is 1. The highest BCUT2D eigenvalue weighted by Gasteiger charge is 1.98. The van der Waals surface area contributed by atoms with E-state index in [1.165, 1.54) is 5.56 Å². The van der Waals surface area contributed by atoms with Crippen molar-refractivity contribution < 1.29 is 0 Å². The summed E-state index contributed by atoms with van der Waals surface area (Å²) in [6.45, 7) is 11.7.